The van der Waals surface area contributed by atoms with Crippen LogP contribution in [0.15, 0.2) is 60.0 Å². The van der Waals surface area contributed by atoms with Crippen LogP contribution in [0.2, 0.25) is 0 Å². The first-order valence-electron chi connectivity index (χ1n) is 11.5. The fourth-order valence-electron chi connectivity index (χ4n) is 5.42. The van der Waals surface area contributed by atoms with Gasteiger partial charge >= 0.3 is 0 Å². The first kappa shape index (κ1) is 21.7. The minimum Gasteiger partial charge on any atom is -0.493 e. The maximum atomic E-state index is 13.8. The molecule has 7 nitrogen and oxygen atoms in total. The van der Waals surface area contributed by atoms with Gasteiger partial charge in [0.1, 0.15) is 12.6 Å². The van der Waals surface area contributed by atoms with Crippen molar-refractivity contribution < 1.29 is 19.1 Å². The maximum absolute atomic E-state index is 13.8. The first-order valence-corrected chi connectivity index (χ1v) is 12.4. The summed E-state index contributed by atoms with van der Waals surface area (Å²) in [5.41, 5.74) is 3.90. The van der Waals surface area contributed by atoms with E-state index >= 15 is 0 Å². The zero-order chi connectivity index (χ0) is 24.1. The average molecular weight is 488 g/mol. The van der Waals surface area contributed by atoms with E-state index in [9.17, 15) is 9.59 Å². The lowest BCUT2D eigenvalue weighted by Gasteiger charge is -2.47. The smallest absolute Gasteiger partial charge is 0.246 e. The largest absolute Gasteiger partial charge is 0.493 e. The van der Waals surface area contributed by atoms with E-state index in [2.05, 4.69) is 11.1 Å². The lowest BCUT2D eigenvalue weighted by atomic mass is 9.86. The fourth-order valence-corrected chi connectivity index (χ4v) is 6.14. The highest BCUT2D eigenvalue weighted by molar-refractivity contribution is 7.09. The number of nitrogens with one attached hydrogen (secondary N) is 1. The van der Waals surface area contributed by atoms with Crippen molar-refractivity contribution in [3.63, 3.8) is 0 Å². The van der Waals surface area contributed by atoms with E-state index < -0.39 is 12.1 Å². The quantitative estimate of drug-likeness (QED) is 0.459. The molecular formula is C27H25N3O4S. The summed E-state index contributed by atoms with van der Waals surface area (Å²) in [5.74, 6) is 1.12. The highest BCUT2D eigenvalue weighted by Gasteiger charge is 2.48. The van der Waals surface area contributed by atoms with Crippen molar-refractivity contribution in [1.82, 2.24) is 14.8 Å². The van der Waals surface area contributed by atoms with Crippen molar-refractivity contribution in [3.8, 4) is 11.5 Å². The Bertz CT molecular complexity index is 1430. The zero-order valence-electron chi connectivity index (χ0n) is 19.5. The molecule has 2 atom stereocenters. The standard InChI is InChI=1S/C27H25N3O4S/c1-33-22-10-9-16(12-23(22)34-2)26-25-19(18-7-3-4-8-20(18)28-25)13-21-27(32)29(15-24(31)30(21)26)14-17-6-5-11-35-17/h3-12,21,26,28H,13-15H2,1-2H3/t21-,26?/m0/s1. The number of para-hydroxylation sites is 1. The van der Waals surface area contributed by atoms with Gasteiger partial charge in [0.2, 0.25) is 11.8 Å². The molecule has 0 spiro atoms. The highest BCUT2D eigenvalue weighted by Crippen LogP contribution is 2.44. The number of benzene rings is 2. The van der Waals surface area contributed by atoms with Crippen LogP contribution in [0.1, 0.15) is 27.7 Å². The number of rotatable bonds is 5. The Morgan fingerprint density at radius 3 is 2.63 bits per heavy atom. The van der Waals surface area contributed by atoms with E-state index in [1.807, 2.05) is 53.9 Å². The zero-order valence-corrected chi connectivity index (χ0v) is 20.3. The monoisotopic (exact) mass is 487 g/mol. The molecule has 2 amide bonds. The van der Waals surface area contributed by atoms with Crippen LogP contribution in [-0.2, 0) is 22.6 Å². The second kappa shape index (κ2) is 8.46. The van der Waals surface area contributed by atoms with E-state index in [0.29, 0.717) is 24.5 Å². The normalized spacial score (nSPS) is 19.6. The number of carbonyl (C=O) groups is 2. The molecule has 2 aliphatic heterocycles. The molecule has 4 heterocycles. The van der Waals surface area contributed by atoms with E-state index in [4.69, 9.17) is 9.47 Å². The van der Waals surface area contributed by atoms with Gasteiger partial charge in [0, 0.05) is 27.9 Å². The summed E-state index contributed by atoms with van der Waals surface area (Å²) in [5, 5.41) is 3.08. The van der Waals surface area contributed by atoms with E-state index in [1.165, 1.54) is 0 Å². The lowest BCUT2D eigenvalue weighted by Crippen LogP contribution is -2.62. The third kappa shape index (κ3) is 3.47. The summed E-state index contributed by atoms with van der Waals surface area (Å²) in [6, 6.07) is 16.8. The van der Waals surface area contributed by atoms with E-state index in [0.717, 1.165) is 32.6 Å². The molecule has 1 fully saturated rings. The predicted octanol–water partition coefficient (Wildman–Crippen LogP) is 4.13. The second-order valence-corrected chi connectivity index (χ2v) is 9.91. The Balaban J connectivity index is 1.49. The second-order valence-electron chi connectivity index (χ2n) is 8.87. The number of piperazine rings is 1. The summed E-state index contributed by atoms with van der Waals surface area (Å²) in [6.07, 6.45) is 0.481. The molecule has 1 unspecified atom stereocenters. The molecule has 8 heteroatoms. The van der Waals surface area contributed by atoms with Crippen molar-refractivity contribution in [2.24, 2.45) is 0 Å². The summed E-state index contributed by atoms with van der Waals surface area (Å²) < 4.78 is 11.0. The first-order chi connectivity index (χ1) is 17.1. The topological polar surface area (TPSA) is 74.9 Å². The molecular weight excluding hydrogens is 462 g/mol. The summed E-state index contributed by atoms with van der Waals surface area (Å²) in [6.45, 7) is 0.515. The van der Waals surface area contributed by atoms with Crippen molar-refractivity contribution in [2.45, 2.75) is 25.0 Å². The number of hydrogen-bond acceptors (Lipinski definition) is 5. The molecule has 4 aromatic rings. The van der Waals surface area contributed by atoms with Crippen LogP contribution >= 0.6 is 11.3 Å². The molecule has 35 heavy (non-hydrogen) atoms. The Morgan fingerprint density at radius 1 is 1.03 bits per heavy atom. The number of hydrogen-bond donors (Lipinski definition) is 1. The number of H-pyrrole nitrogens is 1. The van der Waals surface area contributed by atoms with Crippen molar-refractivity contribution in [3.05, 3.63) is 81.7 Å². The number of aromatic amines is 1. The summed E-state index contributed by atoms with van der Waals surface area (Å²) in [4.78, 5) is 35.5. The molecule has 6 rings (SSSR count). The van der Waals surface area contributed by atoms with Crippen LogP contribution in [-0.4, -0.2) is 53.4 Å². The van der Waals surface area contributed by atoms with Crippen LogP contribution < -0.4 is 9.47 Å². The number of methoxy groups -OCH3 is 2. The van der Waals surface area contributed by atoms with Gasteiger partial charge in [-0.25, -0.2) is 0 Å². The predicted molar refractivity (Wildman–Crippen MR) is 134 cm³/mol. The van der Waals surface area contributed by atoms with E-state index in [-0.39, 0.29) is 18.4 Å². The van der Waals surface area contributed by atoms with Crippen molar-refractivity contribution in [1.29, 1.82) is 0 Å². The van der Waals surface area contributed by atoms with Crippen molar-refractivity contribution >= 4 is 34.1 Å². The number of amides is 2. The van der Waals surface area contributed by atoms with Crippen LogP contribution in [0.25, 0.3) is 10.9 Å². The summed E-state index contributed by atoms with van der Waals surface area (Å²) >= 11 is 1.60. The summed E-state index contributed by atoms with van der Waals surface area (Å²) in [7, 11) is 3.19. The van der Waals surface area contributed by atoms with Crippen LogP contribution in [0.4, 0.5) is 0 Å². The van der Waals surface area contributed by atoms with Gasteiger partial charge in [-0.15, -0.1) is 11.3 Å². The molecule has 1 saturated heterocycles. The molecule has 0 saturated carbocycles. The Morgan fingerprint density at radius 2 is 1.86 bits per heavy atom. The number of ether oxygens (including phenoxy) is 2. The maximum Gasteiger partial charge on any atom is 0.246 e. The number of nitrogens with zero attached hydrogens (tertiary/aromatic N) is 2. The van der Waals surface area contributed by atoms with E-state index in [1.54, 1.807) is 35.4 Å². The van der Waals surface area contributed by atoms with Gasteiger partial charge < -0.3 is 24.3 Å². The lowest BCUT2D eigenvalue weighted by molar-refractivity contribution is -0.159. The number of thiophene rings is 1. The van der Waals surface area contributed by atoms with Gasteiger partial charge in [-0.2, -0.15) is 0 Å². The van der Waals surface area contributed by atoms with Gasteiger partial charge in [-0.3, -0.25) is 9.59 Å². The Hall–Kier alpha value is -3.78. The Kier molecular flexibility index (Phi) is 5.25. The molecule has 0 radical (unpaired) electrons. The fraction of sp³-hybridized carbons (Fsp3) is 0.259. The van der Waals surface area contributed by atoms with Crippen LogP contribution in [0.3, 0.4) is 0 Å². The molecule has 2 aromatic carbocycles. The molecule has 0 bridgehead atoms. The number of carbonyl (C=O) groups excluding carboxylic acids is 2. The minimum absolute atomic E-state index is 0.0144. The SMILES string of the molecule is COc1ccc(C2c3[nH]c4ccccc4c3C[C@H]3C(=O)N(Cc4cccs4)CC(=O)N23)cc1OC. The molecule has 2 aliphatic rings. The molecule has 1 N–H and O–H groups in total. The Labute approximate surface area is 206 Å². The van der Waals surface area contributed by atoms with Crippen LogP contribution in [0.5, 0.6) is 11.5 Å². The molecule has 0 aliphatic carbocycles. The number of fused-ring (bicyclic) bond motifs is 4. The third-order valence-electron chi connectivity index (χ3n) is 6.99. The third-order valence-corrected chi connectivity index (χ3v) is 7.85. The highest BCUT2D eigenvalue weighted by atomic mass is 32.1. The van der Waals surface area contributed by atoms with Gasteiger partial charge in [0.05, 0.1) is 26.8 Å². The van der Waals surface area contributed by atoms with Gasteiger partial charge in [0.25, 0.3) is 0 Å². The van der Waals surface area contributed by atoms with Gasteiger partial charge in [0.15, 0.2) is 11.5 Å². The van der Waals surface area contributed by atoms with Crippen molar-refractivity contribution in [2.75, 3.05) is 20.8 Å². The van der Waals surface area contributed by atoms with Crippen LogP contribution in [0, 0.1) is 0 Å². The van der Waals surface area contributed by atoms with Gasteiger partial charge in [-0.1, -0.05) is 30.3 Å². The molecule has 178 valence electrons. The molecule has 2 aromatic heterocycles. The average Bonchev–Trinajstić information content (AvgIpc) is 3.53. The number of aromatic nitrogens is 1. The minimum atomic E-state index is -0.569. The van der Waals surface area contributed by atoms with Gasteiger partial charge in [-0.05, 0) is 40.8 Å².